The van der Waals surface area contributed by atoms with Gasteiger partial charge in [0.25, 0.3) is 0 Å². The van der Waals surface area contributed by atoms with Gasteiger partial charge in [-0.2, -0.15) is 5.26 Å². The quantitative estimate of drug-likeness (QED) is 0.428. The lowest BCUT2D eigenvalue weighted by Crippen LogP contribution is -2.22. The van der Waals surface area contributed by atoms with Gasteiger partial charge < -0.3 is 10.1 Å². The van der Waals surface area contributed by atoms with E-state index >= 15 is 0 Å². The Morgan fingerprint density at radius 1 is 1.26 bits per heavy atom. The number of aromatic nitrogens is 2. The number of ether oxygens (including phenoxy) is 1. The normalized spacial score (nSPS) is 11.5. The lowest BCUT2D eigenvalue weighted by atomic mass is 10.2. The highest BCUT2D eigenvalue weighted by atomic mass is 32.2. The van der Waals surface area contributed by atoms with Crippen molar-refractivity contribution in [3.8, 4) is 23.1 Å². The topological polar surface area (TPSA) is 87.9 Å². The number of aryl methyl sites for hydroxylation is 1. The number of benzene rings is 1. The van der Waals surface area contributed by atoms with Gasteiger partial charge in [0.15, 0.2) is 5.13 Å². The Morgan fingerprint density at radius 2 is 2.03 bits per heavy atom. The summed E-state index contributed by atoms with van der Waals surface area (Å²) in [6.07, 6.45) is 2.98. The van der Waals surface area contributed by atoms with Gasteiger partial charge in [0, 0.05) is 16.6 Å². The first-order chi connectivity index (χ1) is 15.0. The van der Waals surface area contributed by atoms with Gasteiger partial charge in [0.05, 0.1) is 23.6 Å². The fourth-order valence-electron chi connectivity index (χ4n) is 2.80. The summed E-state index contributed by atoms with van der Waals surface area (Å²) in [6, 6.07) is 13.4. The molecule has 2 aromatic heterocycles. The Balaban J connectivity index is 1.66. The van der Waals surface area contributed by atoms with Gasteiger partial charge in [0.1, 0.15) is 16.8 Å². The van der Waals surface area contributed by atoms with Crippen molar-refractivity contribution in [3.05, 3.63) is 53.0 Å². The standard InChI is InChI=1S/C23H24N4O2S2/c1-4-5-6-18-10-7-17(13-24)22(25-18)31-15(2)21(28)27-23-26-20(14-30-23)16-8-11-19(29-3)12-9-16/h7-12,14-15H,4-6H2,1-3H3,(H,26,27,28). The predicted octanol–water partition coefficient (Wildman–Crippen LogP) is 5.55. The van der Waals surface area contributed by atoms with Gasteiger partial charge in [-0.25, -0.2) is 9.97 Å². The van der Waals surface area contributed by atoms with Gasteiger partial charge in [-0.3, -0.25) is 4.79 Å². The smallest absolute Gasteiger partial charge is 0.239 e. The van der Waals surface area contributed by atoms with Crippen molar-refractivity contribution in [1.29, 1.82) is 5.26 Å². The second-order valence-corrected chi connectivity index (χ2v) is 9.07. The van der Waals surface area contributed by atoms with Crippen molar-refractivity contribution in [2.75, 3.05) is 12.4 Å². The fraction of sp³-hybridized carbons (Fsp3) is 0.304. The molecule has 8 heteroatoms. The van der Waals surface area contributed by atoms with E-state index in [1.54, 1.807) is 20.1 Å². The molecule has 0 saturated heterocycles. The number of pyridine rings is 1. The number of methoxy groups -OCH3 is 1. The van der Waals surface area contributed by atoms with E-state index in [2.05, 4.69) is 28.3 Å². The zero-order valence-electron chi connectivity index (χ0n) is 17.7. The molecule has 0 fully saturated rings. The second-order valence-electron chi connectivity index (χ2n) is 6.89. The zero-order valence-corrected chi connectivity index (χ0v) is 19.3. The van der Waals surface area contributed by atoms with Crippen LogP contribution in [0.1, 0.15) is 37.9 Å². The summed E-state index contributed by atoms with van der Waals surface area (Å²) in [6.45, 7) is 3.93. The van der Waals surface area contributed by atoms with E-state index in [0.29, 0.717) is 15.7 Å². The largest absolute Gasteiger partial charge is 0.497 e. The van der Waals surface area contributed by atoms with Crippen LogP contribution in [0.3, 0.4) is 0 Å². The van der Waals surface area contributed by atoms with E-state index in [1.165, 1.54) is 23.1 Å². The minimum absolute atomic E-state index is 0.176. The molecule has 2 heterocycles. The van der Waals surface area contributed by atoms with Gasteiger partial charge in [-0.1, -0.05) is 25.1 Å². The lowest BCUT2D eigenvalue weighted by molar-refractivity contribution is -0.115. The molecule has 1 N–H and O–H groups in total. The van der Waals surface area contributed by atoms with E-state index < -0.39 is 5.25 Å². The highest BCUT2D eigenvalue weighted by Gasteiger charge is 2.19. The van der Waals surface area contributed by atoms with Crippen molar-refractivity contribution >= 4 is 34.1 Å². The molecule has 0 aliphatic carbocycles. The minimum atomic E-state index is -0.422. The SMILES string of the molecule is CCCCc1ccc(C#N)c(SC(C)C(=O)Nc2nc(-c3ccc(OC)cc3)cs2)n1. The van der Waals surface area contributed by atoms with Crippen LogP contribution in [-0.4, -0.2) is 28.2 Å². The number of amides is 1. The highest BCUT2D eigenvalue weighted by Crippen LogP contribution is 2.29. The number of hydrogen-bond acceptors (Lipinski definition) is 7. The number of carbonyl (C=O) groups excluding carboxylic acids is 1. The maximum atomic E-state index is 12.7. The summed E-state index contributed by atoms with van der Waals surface area (Å²) >= 11 is 2.67. The first-order valence-corrected chi connectivity index (χ1v) is 11.8. The van der Waals surface area contributed by atoms with Crippen molar-refractivity contribution < 1.29 is 9.53 Å². The van der Waals surface area contributed by atoms with E-state index in [0.717, 1.165) is 42.0 Å². The number of rotatable bonds is 9. The number of unbranched alkanes of at least 4 members (excludes halogenated alkanes) is 1. The molecule has 0 saturated carbocycles. The first kappa shape index (κ1) is 22.8. The van der Waals surface area contributed by atoms with Gasteiger partial charge >= 0.3 is 0 Å². The summed E-state index contributed by atoms with van der Waals surface area (Å²) < 4.78 is 5.18. The molecule has 160 valence electrons. The van der Waals surface area contributed by atoms with E-state index in [-0.39, 0.29) is 5.91 Å². The monoisotopic (exact) mass is 452 g/mol. The Hall–Kier alpha value is -2.89. The van der Waals surface area contributed by atoms with Crippen LogP contribution < -0.4 is 10.1 Å². The molecule has 3 aromatic rings. The minimum Gasteiger partial charge on any atom is -0.497 e. The van der Waals surface area contributed by atoms with Crippen molar-refractivity contribution in [3.63, 3.8) is 0 Å². The van der Waals surface area contributed by atoms with E-state index in [4.69, 9.17) is 4.74 Å². The third kappa shape index (κ3) is 6.06. The van der Waals surface area contributed by atoms with Crippen LogP contribution in [0, 0.1) is 11.3 Å². The van der Waals surface area contributed by atoms with E-state index in [1.807, 2.05) is 35.7 Å². The van der Waals surface area contributed by atoms with Crippen molar-refractivity contribution in [2.24, 2.45) is 0 Å². The number of anilines is 1. The van der Waals surface area contributed by atoms with Gasteiger partial charge in [0.2, 0.25) is 5.91 Å². The van der Waals surface area contributed by atoms with Gasteiger partial charge in [-0.15, -0.1) is 11.3 Å². The van der Waals surface area contributed by atoms with Crippen LogP contribution in [0.4, 0.5) is 5.13 Å². The molecule has 0 spiro atoms. The zero-order chi connectivity index (χ0) is 22.2. The molecule has 1 unspecified atom stereocenters. The molecular weight excluding hydrogens is 428 g/mol. The number of nitrogens with zero attached hydrogens (tertiary/aromatic N) is 3. The Labute approximate surface area is 190 Å². The van der Waals surface area contributed by atoms with Crippen molar-refractivity contribution in [1.82, 2.24) is 9.97 Å². The van der Waals surface area contributed by atoms with Crippen LogP contribution in [0.15, 0.2) is 46.8 Å². The number of nitriles is 1. The molecule has 1 amide bonds. The Morgan fingerprint density at radius 3 is 2.71 bits per heavy atom. The molecule has 6 nitrogen and oxygen atoms in total. The van der Waals surface area contributed by atoms with Crippen LogP contribution >= 0.6 is 23.1 Å². The maximum Gasteiger partial charge on any atom is 0.239 e. The molecule has 1 atom stereocenters. The van der Waals surface area contributed by atoms with E-state index in [9.17, 15) is 10.1 Å². The molecule has 1 aromatic carbocycles. The number of hydrogen-bond donors (Lipinski definition) is 1. The predicted molar refractivity (Wildman–Crippen MR) is 126 cm³/mol. The highest BCUT2D eigenvalue weighted by molar-refractivity contribution is 8.00. The summed E-state index contributed by atoms with van der Waals surface area (Å²) in [4.78, 5) is 21.8. The van der Waals surface area contributed by atoms with Crippen LogP contribution in [0.25, 0.3) is 11.3 Å². The van der Waals surface area contributed by atoms with Crippen LogP contribution in [0.5, 0.6) is 5.75 Å². The number of thiazole rings is 1. The first-order valence-electron chi connectivity index (χ1n) is 10.0. The molecule has 3 rings (SSSR count). The van der Waals surface area contributed by atoms with Crippen LogP contribution in [0.2, 0.25) is 0 Å². The maximum absolute atomic E-state index is 12.7. The number of thioether (sulfide) groups is 1. The van der Waals surface area contributed by atoms with Crippen molar-refractivity contribution in [2.45, 2.75) is 43.4 Å². The summed E-state index contributed by atoms with van der Waals surface area (Å²) in [5, 5.41) is 14.9. The average molecular weight is 453 g/mol. The molecule has 31 heavy (non-hydrogen) atoms. The Kier molecular flexibility index (Phi) is 8.04. The molecule has 0 aliphatic rings. The van der Waals surface area contributed by atoms with Crippen LogP contribution in [-0.2, 0) is 11.2 Å². The molecule has 0 radical (unpaired) electrons. The summed E-state index contributed by atoms with van der Waals surface area (Å²) in [7, 11) is 1.63. The Bertz CT molecular complexity index is 1070. The molecule has 0 bridgehead atoms. The number of nitrogens with one attached hydrogen (secondary N) is 1. The fourth-order valence-corrected chi connectivity index (χ4v) is 4.44. The lowest BCUT2D eigenvalue weighted by Gasteiger charge is -2.12. The average Bonchev–Trinajstić information content (AvgIpc) is 3.26. The summed E-state index contributed by atoms with van der Waals surface area (Å²) in [5.41, 5.74) is 3.17. The third-order valence-corrected chi connectivity index (χ3v) is 6.46. The summed E-state index contributed by atoms with van der Waals surface area (Å²) in [5.74, 6) is 0.604. The second kappa shape index (κ2) is 10.9. The van der Waals surface area contributed by atoms with Gasteiger partial charge in [-0.05, 0) is 56.2 Å². The number of carbonyl (C=O) groups is 1. The molecular formula is C23H24N4O2S2. The third-order valence-electron chi connectivity index (χ3n) is 4.60. The molecule has 0 aliphatic heterocycles.